The molecule has 1 aromatic heterocycles. The molecular weight excluding hydrogens is 260 g/mol. The number of thiazole rings is 1. The average molecular weight is 282 g/mol. The largest absolute Gasteiger partial charge is 0.396 e. The van der Waals surface area contributed by atoms with Gasteiger partial charge in [-0.05, 0) is 25.7 Å². The van der Waals surface area contributed by atoms with Crippen LogP contribution in [-0.4, -0.2) is 29.1 Å². The van der Waals surface area contributed by atoms with Crippen molar-refractivity contribution in [3.05, 3.63) is 15.6 Å². The highest BCUT2D eigenvalue weighted by molar-refractivity contribution is 7.13. The van der Waals surface area contributed by atoms with Crippen LogP contribution in [0.1, 0.15) is 58.9 Å². The molecule has 0 bridgehead atoms. The Balaban J connectivity index is 2.01. The number of rotatable bonds is 5. The van der Waals surface area contributed by atoms with Crippen molar-refractivity contribution in [1.82, 2.24) is 10.3 Å². The van der Waals surface area contributed by atoms with E-state index in [-0.39, 0.29) is 18.4 Å². The molecule has 0 aliphatic heterocycles. The van der Waals surface area contributed by atoms with Crippen LogP contribution in [0.2, 0.25) is 0 Å². The predicted molar refractivity (Wildman–Crippen MR) is 76.6 cm³/mol. The monoisotopic (exact) mass is 282 g/mol. The zero-order chi connectivity index (χ0) is 13.8. The van der Waals surface area contributed by atoms with E-state index in [9.17, 15) is 4.79 Å². The van der Waals surface area contributed by atoms with Crippen LogP contribution < -0.4 is 5.32 Å². The van der Waals surface area contributed by atoms with E-state index in [4.69, 9.17) is 5.11 Å². The molecule has 0 aromatic carbocycles. The van der Waals surface area contributed by atoms with Gasteiger partial charge in [0.1, 0.15) is 4.88 Å². The van der Waals surface area contributed by atoms with Crippen LogP contribution in [0.15, 0.2) is 0 Å². The Morgan fingerprint density at radius 1 is 1.53 bits per heavy atom. The number of carbonyl (C=O) groups is 1. The molecule has 1 aliphatic carbocycles. The fourth-order valence-corrected chi connectivity index (χ4v) is 3.54. The molecule has 1 atom stereocenters. The molecule has 1 aliphatic rings. The van der Waals surface area contributed by atoms with E-state index in [0.717, 1.165) is 15.6 Å². The number of nitrogens with one attached hydrogen (secondary N) is 1. The number of aromatic nitrogens is 1. The second-order valence-electron chi connectivity index (χ2n) is 5.45. The fourth-order valence-electron chi connectivity index (χ4n) is 2.39. The van der Waals surface area contributed by atoms with Gasteiger partial charge >= 0.3 is 0 Å². The van der Waals surface area contributed by atoms with Crippen LogP contribution in [0.4, 0.5) is 0 Å². The molecule has 1 heterocycles. The Bertz CT molecular complexity index is 439. The number of hydrogen-bond acceptors (Lipinski definition) is 4. The van der Waals surface area contributed by atoms with Gasteiger partial charge in [-0.2, -0.15) is 0 Å². The van der Waals surface area contributed by atoms with Gasteiger partial charge < -0.3 is 10.4 Å². The summed E-state index contributed by atoms with van der Waals surface area (Å²) < 4.78 is 0. The van der Waals surface area contributed by atoms with Crippen molar-refractivity contribution in [3.63, 3.8) is 0 Å². The standard InChI is InChI=1S/C14H22N2O2S/c1-9(8-17)7-15-13(18)12-10(2)16-14(19-12)11-5-3-4-6-11/h9,11,17H,3-8H2,1-2H3,(H,15,18). The third-order valence-electron chi connectivity index (χ3n) is 3.65. The summed E-state index contributed by atoms with van der Waals surface area (Å²) in [7, 11) is 0. The molecule has 1 aromatic rings. The normalized spacial score (nSPS) is 17.6. The molecular formula is C14H22N2O2S. The van der Waals surface area contributed by atoms with Gasteiger partial charge in [0.15, 0.2) is 0 Å². The molecule has 2 rings (SSSR count). The minimum absolute atomic E-state index is 0.0560. The second-order valence-corrected chi connectivity index (χ2v) is 6.48. The maximum atomic E-state index is 12.1. The summed E-state index contributed by atoms with van der Waals surface area (Å²) in [6, 6.07) is 0. The Morgan fingerprint density at radius 3 is 2.84 bits per heavy atom. The third-order valence-corrected chi connectivity index (χ3v) is 4.97. The lowest BCUT2D eigenvalue weighted by atomic mass is 10.1. The van der Waals surface area contributed by atoms with Gasteiger partial charge in [-0.15, -0.1) is 11.3 Å². The average Bonchev–Trinajstić information content (AvgIpc) is 3.04. The molecule has 19 heavy (non-hydrogen) atoms. The Morgan fingerprint density at radius 2 is 2.21 bits per heavy atom. The maximum absolute atomic E-state index is 12.1. The summed E-state index contributed by atoms with van der Waals surface area (Å²) in [6.07, 6.45) is 4.96. The van der Waals surface area contributed by atoms with E-state index >= 15 is 0 Å². The van der Waals surface area contributed by atoms with Crippen molar-refractivity contribution < 1.29 is 9.90 Å². The van der Waals surface area contributed by atoms with Crippen LogP contribution in [0.5, 0.6) is 0 Å². The summed E-state index contributed by atoms with van der Waals surface area (Å²) in [4.78, 5) is 17.4. The first kappa shape index (κ1) is 14.5. The topological polar surface area (TPSA) is 62.2 Å². The molecule has 4 nitrogen and oxygen atoms in total. The minimum atomic E-state index is -0.0560. The van der Waals surface area contributed by atoms with Gasteiger partial charge in [0.2, 0.25) is 0 Å². The number of aliphatic hydroxyl groups is 1. The highest BCUT2D eigenvalue weighted by Crippen LogP contribution is 2.37. The molecule has 1 fully saturated rings. The minimum Gasteiger partial charge on any atom is -0.396 e. The Hall–Kier alpha value is -0.940. The lowest BCUT2D eigenvalue weighted by molar-refractivity contribution is 0.0945. The van der Waals surface area contributed by atoms with E-state index in [1.54, 1.807) is 0 Å². The maximum Gasteiger partial charge on any atom is 0.263 e. The van der Waals surface area contributed by atoms with Crippen LogP contribution in [0, 0.1) is 12.8 Å². The highest BCUT2D eigenvalue weighted by atomic mass is 32.1. The van der Waals surface area contributed by atoms with Gasteiger partial charge in [0, 0.05) is 19.1 Å². The quantitative estimate of drug-likeness (QED) is 0.872. The third kappa shape index (κ3) is 3.54. The Labute approximate surface area is 118 Å². The molecule has 1 saturated carbocycles. The summed E-state index contributed by atoms with van der Waals surface area (Å²) in [5.74, 6) is 0.590. The molecule has 1 amide bonds. The van der Waals surface area contributed by atoms with E-state index in [0.29, 0.717) is 12.5 Å². The number of aryl methyl sites for hydroxylation is 1. The van der Waals surface area contributed by atoms with Gasteiger partial charge in [-0.3, -0.25) is 4.79 Å². The highest BCUT2D eigenvalue weighted by Gasteiger charge is 2.23. The zero-order valence-electron chi connectivity index (χ0n) is 11.6. The summed E-state index contributed by atoms with van der Waals surface area (Å²) in [5.41, 5.74) is 0.834. The number of hydrogen-bond donors (Lipinski definition) is 2. The second kappa shape index (κ2) is 6.48. The summed E-state index contributed by atoms with van der Waals surface area (Å²) in [5, 5.41) is 12.9. The first-order chi connectivity index (χ1) is 9.11. The van der Waals surface area contributed by atoms with Crippen molar-refractivity contribution in [2.24, 2.45) is 5.92 Å². The molecule has 5 heteroatoms. The van der Waals surface area contributed by atoms with Crippen molar-refractivity contribution in [2.45, 2.75) is 45.4 Å². The summed E-state index contributed by atoms with van der Waals surface area (Å²) in [6.45, 7) is 4.41. The number of amides is 1. The first-order valence-electron chi connectivity index (χ1n) is 6.98. The van der Waals surface area contributed by atoms with Gasteiger partial charge in [0.05, 0.1) is 10.7 Å². The SMILES string of the molecule is Cc1nc(C2CCCC2)sc1C(=O)NCC(C)CO. The number of nitrogens with zero attached hydrogens (tertiary/aromatic N) is 1. The van der Waals surface area contributed by atoms with Crippen LogP contribution in [0.25, 0.3) is 0 Å². The van der Waals surface area contributed by atoms with Gasteiger partial charge in [-0.1, -0.05) is 19.8 Å². The van der Waals surface area contributed by atoms with Crippen LogP contribution in [0.3, 0.4) is 0 Å². The van der Waals surface area contributed by atoms with Gasteiger partial charge in [0.25, 0.3) is 5.91 Å². The lowest BCUT2D eigenvalue weighted by Crippen LogP contribution is -2.29. The first-order valence-corrected chi connectivity index (χ1v) is 7.79. The molecule has 0 radical (unpaired) electrons. The van der Waals surface area contributed by atoms with Crippen molar-refractivity contribution in [3.8, 4) is 0 Å². The van der Waals surface area contributed by atoms with Crippen molar-refractivity contribution in [1.29, 1.82) is 0 Å². The smallest absolute Gasteiger partial charge is 0.263 e. The van der Waals surface area contributed by atoms with Crippen LogP contribution in [-0.2, 0) is 0 Å². The fraction of sp³-hybridized carbons (Fsp3) is 0.714. The van der Waals surface area contributed by atoms with E-state index in [1.165, 1.54) is 37.0 Å². The molecule has 2 N–H and O–H groups in total. The molecule has 106 valence electrons. The van der Waals surface area contributed by atoms with Crippen molar-refractivity contribution in [2.75, 3.05) is 13.2 Å². The van der Waals surface area contributed by atoms with E-state index in [1.807, 2.05) is 13.8 Å². The predicted octanol–water partition coefficient (Wildman–Crippen LogP) is 2.47. The number of aliphatic hydroxyl groups excluding tert-OH is 1. The van der Waals surface area contributed by atoms with Crippen molar-refractivity contribution >= 4 is 17.2 Å². The number of carbonyl (C=O) groups excluding carboxylic acids is 1. The van der Waals surface area contributed by atoms with E-state index in [2.05, 4.69) is 10.3 Å². The summed E-state index contributed by atoms with van der Waals surface area (Å²) >= 11 is 1.54. The van der Waals surface area contributed by atoms with Crippen LogP contribution >= 0.6 is 11.3 Å². The zero-order valence-corrected chi connectivity index (χ0v) is 12.4. The van der Waals surface area contributed by atoms with Gasteiger partial charge in [-0.25, -0.2) is 4.98 Å². The molecule has 1 unspecified atom stereocenters. The lowest BCUT2D eigenvalue weighted by Gasteiger charge is -2.08. The molecule has 0 spiro atoms. The molecule has 0 saturated heterocycles. The Kier molecular flexibility index (Phi) is 4.93. The van der Waals surface area contributed by atoms with E-state index < -0.39 is 0 Å².